The molecule has 0 aliphatic carbocycles. The fraction of sp³-hybridized carbons (Fsp3) is 0. The third-order valence-corrected chi connectivity index (χ3v) is 20.2. The van der Waals surface area contributed by atoms with E-state index >= 15 is 0 Å². The molecule has 0 N–H and O–H groups in total. The molecule has 0 aliphatic heterocycles. The molecule has 4 aromatic heterocycles. The van der Waals surface area contributed by atoms with E-state index in [1.165, 1.54) is 98.1 Å². The minimum absolute atomic E-state index is 0.614. The molecule has 0 saturated carbocycles. The molecule has 0 bridgehead atoms. The average Bonchev–Trinajstić information content (AvgIpc) is 1.50. The molecular weight excluding hydrogens is 1200 g/mol. The van der Waals surface area contributed by atoms with Crippen LogP contribution in [-0.2, 0) is 0 Å². The van der Waals surface area contributed by atoms with Crippen LogP contribution < -0.4 is 0 Å². The standard InChI is InChI=1S/C93H58N6/c1-6-22-59(23-7-1)63-40-48-86-81(53-63)82-55-66(65-42-49-85-80(54-65)77-36-18-19-38-84(77)97(85)69-32-14-5-15-33-69)43-50-87(82)98(86)70-44-46-75-73-34-16-17-35-74(73)76-47-45-71(58-79(76)78(75)57-70)99-88-51-41-64(60-24-8-2-9-25-60)56-83(88)90-72(37-21-39-89(90)99)67-30-20-31-68(52-67)93-95-91(61-26-10-3-11-27-61)94-92(96-93)62-28-12-4-13-29-62/h1-58H. The summed E-state index contributed by atoms with van der Waals surface area (Å²) in [5.41, 5.74) is 22.2. The molecule has 20 aromatic rings. The summed E-state index contributed by atoms with van der Waals surface area (Å²) in [6.45, 7) is 0. The van der Waals surface area contributed by atoms with E-state index in [1.54, 1.807) is 0 Å². The zero-order chi connectivity index (χ0) is 65.1. The van der Waals surface area contributed by atoms with Crippen LogP contribution in [0.4, 0.5) is 0 Å². The Kier molecular flexibility index (Phi) is 12.9. The summed E-state index contributed by atoms with van der Waals surface area (Å²) >= 11 is 0. The van der Waals surface area contributed by atoms with Gasteiger partial charge in [-0.05, 0) is 180 Å². The molecule has 0 aliphatic rings. The zero-order valence-corrected chi connectivity index (χ0v) is 53.7. The number of benzene rings is 16. The molecule has 6 heteroatoms. The Hall–Kier alpha value is -13.3. The van der Waals surface area contributed by atoms with E-state index < -0.39 is 0 Å². The van der Waals surface area contributed by atoms with Crippen molar-refractivity contribution in [2.24, 2.45) is 0 Å². The molecule has 6 nitrogen and oxygen atoms in total. The molecule has 16 aromatic carbocycles. The molecule has 0 unspecified atom stereocenters. The third-order valence-electron chi connectivity index (χ3n) is 20.2. The topological polar surface area (TPSA) is 53.5 Å². The maximum absolute atomic E-state index is 5.17. The molecule has 0 spiro atoms. The molecule has 460 valence electrons. The number of hydrogen-bond acceptors (Lipinski definition) is 3. The normalized spacial score (nSPS) is 11.8. The van der Waals surface area contributed by atoms with Gasteiger partial charge in [-0.3, -0.25) is 0 Å². The van der Waals surface area contributed by atoms with Gasteiger partial charge in [-0.1, -0.05) is 249 Å². The van der Waals surface area contributed by atoms with Gasteiger partial charge in [0.2, 0.25) is 0 Å². The highest BCUT2D eigenvalue weighted by Gasteiger charge is 2.23. The molecule has 99 heavy (non-hydrogen) atoms. The Morgan fingerprint density at radius 3 is 1.03 bits per heavy atom. The van der Waals surface area contributed by atoms with Crippen molar-refractivity contribution in [1.29, 1.82) is 0 Å². The molecule has 0 atom stereocenters. The Morgan fingerprint density at radius 2 is 0.505 bits per heavy atom. The molecule has 0 radical (unpaired) electrons. The van der Waals surface area contributed by atoms with Crippen molar-refractivity contribution >= 4 is 97.7 Å². The second kappa shape index (κ2) is 22.7. The van der Waals surface area contributed by atoms with Gasteiger partial charge in [0.05, 0.1) is 33.1 Å². The maximum atomic E-state index is 5.17. The van der Waals surface area contributed by atoms with Gasteiger partial charge < -0.3 is 13.7 Å². The van der Waals surface area contributed by atoms with Crippen molar-refractivity contribution < 1.29 is 0 Å². The van der Waals surface area contributed by atoms with Crippen molar-refractivity contribution in [3.8, 4) is 95.7 Å². The smallest absolute Gasteiger partial charge is 0.164 e. The van der Waals surface area contributed by atoms with Crippen molar-refractivity contribution in [1.82, 2.24) is 28.7 Å². The summed E-state index contributed by atoms with van der Waals surface area (Å²) in [4.78, 5) is 15.4. The van der Waals surface area contributed by atoms with Crippen molar-refractivity contribution in [2.45, 2.75) is 0 Å². The van der Waals surface area contributed by atoms with Gasteiger partial charge in [0.1, 0.15) is 0 Å². The average molecular weight is 1260 g/mol. The minimum Gasteiger partial charge on any atom is -0.309 e. The second-order valence-corrected chi connectivity index (χ2v) is 25.8. The van der Waals surface area contributed by atoms with Crippen LogP contribution in [0, 0.1) is 0 Å². The molecule has 0 amide bonds. The number of para-hydroxylation sites is 2. The lowest BCUT2D eigenvalue weighted by Gasteiger charge is -2.16. The number of nitrogens with zero attached hydrogens (tertiary/aromatic N) is 6. The van der Waals surface area contributed by atoms with Crippen LogP contribution in [0.5, 0.6) is 0 Å². The van der Waals surface area contributed by atoms with Gasteiger partial charge in [-0.25, -0.2) is 15.0 Å². The lowest BCUT2D eigenvalue weighted by Crippen LogP contribution is -2.00. The highest BCUT2D eigenvalue weighted by molar-refractivity contribution is 6.27. The van der Waals surface area contributed by atoms with Gasteiger partial charge in [0, 0.05) is 66.1 Å². The van der Waals surface area contributed by atoms with E-state index in [9.17, 15) is 0 Å². The summed E-state index contributed by atoms with van der Waals surface area (Å²) in [5, 5.41) is 14.4. The lowest BCUT2D eigenvalue weighted by atomic mass is 9.93. The van der Waals surface area contributed by atoms with Crippen molar-refractivity contribution in [2.75, 3.05) is 0 Å². The van der Waals surface area contributed by atoms with Crippen molar-refractivity contribution in [3.63, 3.8) is 0 Å². The zero-order valence-electron chi connectivity index (χ0n) is 53.7. The van der Waals surface area contributed by atoms with Crippen LogP contribution in [-0.4, -0.2) is 28.7 Å². The Bertz CT molecular complexity index is 6570. The van der Waals surface area contributed by atoms with Gasteiger partial charge in [-0.15, -0.1) is 0 Å². The van der Waals surface area contributed by atoms with Crippen LogP contribution in [0.2, 0.25) is 0 Å². The first-order valence-electron chi connectivity index (χ1n) is 33.8. The van der Waals surface area contributed by atoms with Gasteiger partial charge in [0.15, 0.2) is 17.5 Å². The highest BCUT2D eigenvalue weighted by atomic mass is 15.0. The van der Waals surface area contributed by atoms with E-state index in [0.29, 0.717) is 17.5 Å². The first-order chi connectivity index (χ1) is 49.1. The summed E-state index contributed by atoms with van der Waals surface area (Å²) in [7, 11) is 0. The number of hydrogen-bond donors (Lipinski definition) is 0. The number of fused-ring (bicyclic) bond motifs is 15. The van der Waals surface area contributed by atoms with Gasteiger partial charge in [0.25, 0.3) is 0 Å². The Balaban J connectivity index is 0.773. The summed E-state index contributed by atoms with van der Waals surface area (Å²) < 4.78 is 7.36. The van der Waals surface area contributed by atoms with Crippen LogP contribution in [0.25, 0.3) is 193 Å². The quantitative estimate of drug-likeness (QED) is 0.128. The predicted octanol–water partition coefficient (Wildman–Crippen LogP) is 24.3. The summed E-state index contributed by atoms with van der Waals surface area (Å²) in [5.74, 6) is 1.87. The van der Waals surface area contributed by atoms with E-state index in [4.69, 9.17) is 15.0 Å². The Morgan fingerprint density at radius 1 is 0.162 bits per heavy atom. The molecule has 20 rings (SSSR count). The van der Waals surface area contributed by atoms with Gasteiger partial charge in [-0.2, -0.15) is 0 Å². The SMILES string of the molecule is c1ccc(-c2ccc3c(c2)c2cc(-c4ccc5c(c4)c4ccccc4n5-c4ccccc4)ccc2n3-c2ccc3c4ccccc4c4ccc(-n5c6ccc(-c7ccccc7)cc6c6c(-c7cccc(-c8nc(-c9ccccc9)nc(-c9ccccc9)n8)c7)cccc65)cc4c3c2)cc1. The fourth-order valence-electron chi connectivity index (χ4n) is 15.7. The van der Waals surface area contributed by atoms with Crippen LogP contribution in [0.3, 0.4) is 0 Å². The van der Waals surface area contributed by atoms with Crippen LogP contribution in [0.1, 0.15) is 0 Å². The lowest BCUT2D eigenvalue weighted by molar-refractivity contribution is 1.07. The number of rotatable bonds is 10. The molecule has 0 saturated heterocycles. The third kappa shape index (κ3) is 9.22. The first-order valence-corrected chi connectivity index (χ1v) is 33.8. The van der Waals surface area contributed by atoms with E-state index in [-0.39, 0.29) is 0 Å². The van der Waals surface area contributed by atoms with Gasteiger partial charge >= 0.3 is 0 Å². The van der Waals surface area contributed by atoms with E-state index in [0.717, 1.165) is 77.9 Å². The fourth-order valence-corrected chi connectivity index (χ4v) is 15.7. The monoisotopic (exact) mass is 1260 g/mol. The molecular formula is C93H58N6. The van der Waals surface area contributed by atoms with Crippen molar-refractivity contribution in [3.05, 3.63) is 352 Å². The van der Waals surface area contributed by atoms with Crippen LogP contribution in [0.15, 0.2) is 352 Å². The molecule has 0 fully saturated rings. The van der Waals surface area contributed by atoms with E-state index in [1.807, 2.05) is 36.4 Å². The summed E-state index contributed by atoms with van der Waals surface area (Å²) in [6, 6.07) is 128. The highest BCUT2D eigenvalue weighted by Crippen LogP contribution is 2.46. The van der Waals surface area contributed by atoms with E-state index in [2.05, 4.69) is 329 Å². The maximum Gasteiger partial charge on any atom is 0.164 e. The molecule has 4 heterocycles. The predicted molar refractivity (Wildman–Crippen MR) is 413 cm³/mol. The largest absolute Gasteiger partial charge is 0.309 e. The van der Waals surface area contributed by atoms with Crippen LogP contribution >= 0.6 is 0 Å². The second-order valence-electron chi connectivity index (χ2n) is 25.8. The minimum atomic E-state index is 0.614. The number of aromatic nitrogens is 6. The first kappa shape index (κ1) is 56.1. The summed E-state index contributed by atoms with van der Waals surface area (Å²) in [6.07, 6.45) is 0. The Labute approximate surface area is 570 Å².